The summed E-state index contributed by atoms with van der Waals surface area (Å²) in [6.07, 6.45) is 0. The Kier molecular flexibility index (Phi) is 3.14. The highest BCUT2D eigenvalue weighted by Crippen LogP contribution is 2.27. The molecule has 0 unspecified atom stereocenters. The lowest BCUT2D eigenvalue weighted by Crippen LogP contribution is -2.15. The standard InChI is InChI=1S/C12H9F2NO2S/c13-11-9(8-4-2-1-3-5-8)6-7-10(12(11)14)18(15,16)17/h1-7H,(H2,15,16,17). The van der Waals surface area contributed by atoms with Gasteiger partial charge in [0.15, 0.2) is 11.6 Å². The van der Waals surface area contributed by atoms with Crippen LogP contribution in [0.1, 0.15) is 0 Å². The van der Waals surface area contributed by atoms with Crippen molar-refractivity contribution in [2.45, 2.75) is 4.90 Å². The predicted molar refractivity (Wildman–Crippen MR) is 63.2 cm³/mol. The molecule has 2 aromatic rings. The second kappa shape index (κ2) is 4.47. The Morgan fingerprint density at radius 2 is 1.50 bits per heavy atom. The van der Waals surface area contributed by atoms with E-state index in [0.29, 0.717) is 5.56 Å². The molecule has 0 fully saturated rings. The lowest BCUT2D eigenvalue weighted by atomic mass is 10.1. The Morgan fingerprint density at radius 3 is 2.06 bits per heavy atom. The van der Waals surface area contributed by atoms with Gasteiger partial charge in [-0.05, 0) is 17.7 Å². The number of sulfonamides is 1. The number of primary sulfonamides is 1. The van der Waals surface area contributed by atoms with Crippen LogP contribution >= 0.6 is 0 Å². The van der Waals surface area contributed by atoms with Crippen molar-refractivity contribution in [2.75, 3.05) is 0 Å². The molecule has 18 heavy (non-hydrogen) atoms. The van der Waals surface area contributed by atoms with Crippen molar-refractivity contribution >= 4 is 10.0 Å². The maximum Gasteiger partial charge on any atom is 0.241 e. The van der Waals surface area contributed by atoms with E-state index in [9.17, 15) is 17.2 Å². The van der Waals surface area contributed by atoms with E-state index in [-0.39, 0.29) is 5.56 Å². The van der Waals surface area contributed by atoms with Gasteiger partial charge in [0.05, 0.1) is 0 Å². The first-order chi connectivity index (χ1) is 8.41. The van der Waals surface area contributed by atoms with E-state index in [4.69, 9.17) is 5.14 Å². The smallest absolute Gasteiger partial charge is 0.225 e. The van der Waals surface area contributed by atoms with E-state index < -0.39 is 26.6 Å². The van der Waals surface area contributed by atoms with Crippen LogP contribution in [0.4, 0.5) is 8.78 Å². The number of hydrogen-bond donors (Lipinski definition) is 1. The van der Waals surface area contributed by atoms with Gasteiger partial charge in [0, 0.05) is 5.56 Å². The van der Waals surface area contributed by atoms with Crippen LogP contribution in [0.25, 0.3) is 11.1 Å². The molecule has 0 aliphatic rings. The van der Waals surface area contributed by atoms with Crippen molar-refractivity contribution in [1.82, 2.24) is 0 Å². The summed E-state index contributed by atoms with van der Waals surface area (Å²) >= 11 is 0. The number of rotatable bonds is 2. The van der Waals surface area contributed by atoms with Crippen LogP contribution in [0.5, 0.6) is 0 Å². The van der Waals surface area contributed by atoms with Gasteiger partial charge in [0.25, 0.3) is 0 Å². The second-order valence-corrected chi connectivity index (χ2v) is 5.18. The molecule has 6 heteroatoms. The van der Waals surface area contributed by atoms with E-state index in [1.54, 1.807) is 30.3 Å². The van der Waals surface area contributed by atoms with Crippen molar-refractivity contribution in [3.63, 3.8) is 0 Å². The van der Waals surface area contributed by atoms with E-state index >= 15 is 0 Å². The topological polar surface area (TPSA) is 60.2 Å². The highest BCUT2D eigenvalue weighted by atomic mass is 32.2. The van der Waals surface area contributed by atoms with Crippen molar-refractivity contribution in [1.29, 1.82) is 0 Å². The normalized spacial score (nSPS) is 11.5. The van der Waals surface area contributed by atoms with E-state index in [1.165, 1.54) is 6.07 Å². The molecule has 2 N–H and O–H groups in total. The molecule has 0 saturated carbocycles. The van der Waals surface area contributed by atoms with Gasteiger partial charge in [-0.2, -0.15) is 0 Å². The summed E-state index contributed by atoms with van der Waals surface area (Å²) in [7, 11) is -4.27. The van der Waals surface area contributed by atoms with Crippen LogP contribution in [0.3, 0.4) is 0 Å². The van der Waals surface area contributed by atoms with Crippen LogP contribution in [-0.4, -0.2) is 8.42 Å². The first-order valence-corrected chi connectivity index (χ1v) is 6.52. The van der Waals surface area contributed by atoms with Gasteiger partial charge < -0.3 is 0 Å². The molecule has 0 heterocycles. The number of halogens is 2. The Bertz CT molecular complexity index is 685. The Hall–Kier alpha value is -1.79. The first kappa shape index (κ1) is 12.7. The summed E-state index contributed by atoms with van der Waals surface area (Å²) < 4.78 is 49.4. The summed E-state index contributed by atoms with van der Waals surface area (Å²) in [4.78, 5) is -0.848. The van der Waals surface area contributed by atoms with Crippen LogP contribution < -0.4 is 5.14 Å². The van der Waals surface area contributed by atoms with E-state index in [2.05, 4.69) is 0 Å². The molecule has 94 valence electrons. The summed E-state index contributed by atoms with van der Waals surface area (Å²) in [5.41, 5.74) is 0.440. The molecule has 0 aromatic heterocycles. The van der Waals surface area contributed by atoms with Crippen molar-refractivity contribution in [2.24, 2.45) is 5.14 Å². The summed E-state index contributed by atoms with van der Waals surface area (Å²) in [5.74, 6) is -2.69. The third-order valence-electron chi connectivity index (χ3n) is 2.44. The fraction of sp³-hybridized carbons (Fsp3) is 0. The number of nitrogens with two attached hydrogens (primary N) is 1. The molecule has 0 bridgehead atoms. The predicted octanol–water partition coefficient (Wildman–Crippen LogP) is 2.28. The van der Waals surface area contributed by atoms with Crippen LogP contribution in [0.15, 0.2) is 47.4 Å². The fourth-order valence-corrected chi connectivity index (χ4v) is 2.19. The largest absolute Gasteiger partial charge is 0.241 e. The van der Waals surface area contributed by atoms with Gasteiger partial charge in [-0.15, -0.1) is 0 Å². The van der Waals surface area contributed by atoms with Gasteiger partial charge in [-0.1, -0.05) is 30.3 Å². The molecule has 0 saturated heterocycles. The molecule has 0 atom stereocenters. The van der Waals surface area contributed by atoms with Crippen LogP contribution in [-0.2, 0) is 10.0 Å². The summed E-state index contributed by atoms with van der Waals surface area (Å²) in [6, 6.07) is 10.4. The molecular weight excluding hydrogens is 260 g/mol. The molecule has 2 rings (SSSR count). The highest BCUT2D eigenvalue weighted by Gasteiger charge is 2.20. The summed E-state index contributed by atoms with van der Waals surface area (Å²) in [6.45, 7) is 0. The molecule has 0 spiro atoms. The Balaban J connectivity index is 2.66. The number of hydrogen-bond acceptors (Lipinski definition) is 2. The number of benzene rings is 2. The highest BCUT2D eigenvalue weighted by molar-refractivity contribution is 7.89. The molecule has 0 radical (unpaired) electrons. The van der Waals surface area contributed by atoms with Crippen LogP contribution in [0.2, 0.25) is 0 Å². The van der Waals surface area contributed by atoms with Crippen molar-refractivity contribution in [3.8, 4) is 11.1 Å². The molecule has 0 aliphatic heterocycles. The quantitative estimate of drug-likeness (QED) is 0.909. The SMILES string of the molecule is NS(=O)(=O)c1ccc(-c2ccccc2)c(F)c1F. The van der Waals surface area contributed by atoms with E-state index in [0.717, 1.165) is 6.07 Å². The maximum absolute atomic E-state index is 13.8. The molecule has 3 nitrogen and oxygen atoms in total. The Labute approximate surface area is 103 Å². The monoisotopic (exact) mass is 269 g/mol. The molecule has 2 aromatic carbocycles. The zero-order valence-electron chi connectivity index (χ0n) is 9.10. The molecule has 0 amide bonds. The molecular formula is C12H9F2NO2S. The fourth-order valence-electron chi connectivity index (χ4n) is 1.59. The van der Waals surface area contributed by atoms with Gasteiger partial charge in [0.2, 0.25) is 10.0 Å². The van der Waals surface area contributed by atoms with Gasteiger partial charge in [0.1, 0.15) is 4.90 Å². The second-order valence-electron chi connectivity index (χ2n) is 3.65. The third-order valence-corrected chi connectivity index (χ3v) is 3.37. The lowest BCUT2D eigenvalue weighted by molar-refractivity contribution is 0.487. The minimum Gasteiger partial charge on any atom is -0.225 e. The minimum atomic E-state index is -4.27. The summed E-state index contributed by atoms with van der Waals surface area (Å²) in [5, 5.41) is 4.78. The zero-order chi connectivity index (χ0) is 13.3. The minimum absolute atomic E-state index is 0.0134. The third kappa shape index (κ3) is 2.25. The van der Waals surface area contributed by atoms with Gasteiger partial charge >= 0.3 is 0 Å². The van der Waals surface area contributed by atoms with Crippen LogP contribution in [0, 0.1) is 11.6 Å². The lowest BCUT2D eigenvalue weighted by Gasteiger charge is -2.07. The van der Waals surface area contributed by atoms with Crippen molar-refractivity contribution < 1.29 is 17.2 Å². The zero-order valence-corrected chi connectivity index (χ0v) is 9.92. The molecule has 0 aliphatic carbocycles. The van der Waals surface area contributed by atoms with Gasteiger partial charge in [-0.25, -0.2) is 22.3 Å². The van der Waals surface area contributed by atoms with Gasteiger partial charge in [-0.3, -0.25) is 0 Å². The average molecular weight is 269 g/mol. The Morgan fingerprint density at radius 1 is 0.889 bits per heavy atom. The van der Waals surface area contributed by atoms with Crippen molar-refractivity contribution in [3.05, 3.63) is 54.1 Å². The average Bonchev–Trinajstić information content (AvgIpc) is 2.32. The first-order valence-electron chi connectivity index (χ1n) is 4.97. The van der Waals surface area contributed by atoms with E-state index in [1.807, 2.05) is 0 Å². The maximum atomic E-state index is 13.8.